The largest absolute Gasteiger partial charge is 0.326 e. The van der Waals surface area contributed by atoms with Crippen molar-refractivity contribution in [3.63, 3.8) is 0 Å². The number of pyridine rings is 1. The molecular formula is C47H51N11O2. The van der Waals surface area contributed by atoms with E-state index in [0.717, 1.165) is 81.6 Å². The maximum absolute atomic E-state index is 12.7. The van der Waals surface area contributed by atoms with Crippen LogP contribution < -0.4 is 21.3 Å². The molecule has 4 N–H and O–H groups in total. The molecule has 2 amide bonds. The molecule has 3 aromatic heterocycles. The summed E-state index contributed by atoms with van der Waals surface area (Å²) in [6.07, 6.45) is 16.5. The molecule has 0 spiro atoms. The number of hydrogen-bond acceptors (Lipinski definition) is 9. The molecule has 7 aromatic rings. The van der Waals surface area contributed by atoms with Gasteiger partial charge in [-0.15, -0.1) is 10.2 Å². The third-order valence-corrected chi connectivity index (χ3v) is 11.7. The Morgan fingerprint density at radius 3 is 1.50 bits per heavy atom. The van der Waals surface area contributed by atoms with Crippen molar-refractivity contribution in [2.45, 2.75) is 89.1 Å². The summed E-state index contributed by atoms with van der Waals surface area (Å²) in [4.78, 5) is 30.4. The van der Waals surface area contributed by atoms with Gasteiger partial charge in [0, 0.05) is 58.2 Å². The van der Waals surface area contributed by atoms with Gasteiger partial charge < -0.3 is 21.3 Å². The summed E-state index contributed by atoms with van der Waals surface area (Å²) in [6.45, 7) is 1.73. The topological polar surface area (TPSA) is 157 Å². The molecule has 2 fully saturated rings. The number of nitrogens with one attached hydrogen (secondary N) is 4. The Bertz CT molecular complexity index is 2430. The average Bonchev–Trinajstić information content (AvgIpc) is 4.12. The minimum absolute atomic E-state index is 0.00966. The monoisotopic (exact) mass is 801 g/mol. The number of carbonyl (C=O) groups is 2. The molecule has 306 valence electrons. The maximum atomic E-state index is 12.7. The first kappa shape index (κ1) is 39.2. The Hall–Kier alpha value is -6.31. The van der Waals surface area contributed by atoms with E-state index in [1.54, 1.807) is 9.36 Å². The predicted octanol–water partition coefficient (Wildman–Crippen LogP) is 8.39. The smallest absolute Gasteiger partial charge is 0.224 e. The number of carbonyl (C=O) groups excluding carboxylic acids is 2. The highest BCUT2D eigenvalue weighted by Gasteiger charge is 2.16. The fraction of sp³-hybridized carbons (Fsp3) is 0.340. The number of anilines is 2. The summed E-state index contributed by atoms with van der Waals surface area (Å²) in [7, 11) is 0. The molecule has 0 bridgehead atoms. The fourth-order valence-electron chi connectivity index (χ4n) is 8.46. The van der Waals surface area contributed by atoms with Gasteiger partial charge in [0.1, 0.15) is 11.4 Å². The molecule has 4 aromatic carbocycles. The lowest BCUT2D eigenvalue weighted by Crippen LogP contribution is -2.27. The first-order chi connectivity index (χ1) is 29.5. The summed E-state index contributed by atoms with van der Waals surface area (Å²) in [6, 6.07) is 30.9. The molecule has 9 rings (SSSR count). The van der Waals surface area contributed by atoms with Gasteiger partial charge in [-0.25, -0.2) is 14.3 Å². The van der Waals surface area contributed by atoms with E-state index in [0.29, 0.717) is 36.3 Å². The first-order valence-corrected chi connectivity index (χ1v) is 21.5. The molecular weight excluding hydrogens is 751 g/mol. The van der Waals surface area contributed by atoms with Gasteiger partial charge in [-0.1, -0.05) is 72.5 Å². The Morgan fingerprint density at radius 1 is 0.567 bits per heavy atom. The van der Waals surface area contributed by atoms with Crippen LogP contribution in [0.15, 0.2) is 103 Å². The normalized spacial score (nSPS) is 14.7. The SMILES string of the molecule is O=C(CCCNC1CCCC1)Nc1cccc(-c2cn(-c3ccc4cc5ccc(-n6cc(-c7cccc(NC(=O)CCCNC8CCCC8)c7)nn6)cc5nc4c3)nn2)c1. The van der Waals surface area contributed by atoms with Crippen molar-refractivity contribution in [1.29, 1.82) is 0 Å². The molecule has 0 atom stereocenters. The van der Waals surface area contributed by atoms with Crippen molar-refractivity contribution in [2.75, 3.05) is 23.7 Å². The minimum Gasteiger partial charge on any atom is -0.326 e. The van der Waals surface area contributed by atoms with Crippen LogP contribution in [-0.4, -0.2) is 72.0 Å². The van der Waals surface area contributed by atoms with Crippen LogP contribution in [-0.2, 0) is 9.59 Å². The molecule has 13 heteroatoms. The summed E-state index contributed by atoms with van der Waals surface area (Å²) >= 11 is 0. The van der Waals surface area contributed by atoms with Crippen LogP contribution in [0.4, 0.5) is 11.4 Å². The Balaban J connectivity index is 0.840. The van der Waals surface area contributed by atoms with Crippen molar-refractivity contribution >= 4 is 45.0 Å². The average molecular weight is 802 g/mol. The van der Waals surface area contributed by atoms with E-state index in [4.69, 9.17) is 4.98 Å². The second kappa shape index (κ2) is 18.3. The highest BCUT2D eigenvalue weighted by molar-refractivity contribution is 5.94. The lowest BCUT2D eigenvalue weighted by atomic mass is 10.1. The molecule has 0 radical (unpaired) electrons. The zero-order valence-corrected chi connectivity index (χ0v) is 33.8. The van der Waals surface area contributed by atoms with Gasteiger partial charge in [0.2, 0.25) is 11.8 Å². The summed E-state index contributed by atoms with van der Waals surface area (Å²) in [5, 5.41) is 33.0. The molecule has 60 heavy (non-hydrogen) atoms. The number of aromatic nitrogens is 7. The van der Waals surface area contributed by atoms with E-state index < -0.39 is 0 Å². The first-order valence-electron chi connectivity index (χ1n) is 21.5. The van der Waals surface area contributed by atoms with E-state index in [2.05, 4.69) is 48.0 Å². The van der Waals surface area contributed by atoms with Crippen molar-refractivity contribution in [1.82, 2.24) is 45.6 Å². The van der Waals surface area contributed by atoms with Gasteiger partial charge in [0.05, 0.1) is 34.8 Å². The molecule has 3 heterocycles. The number of hydrogen-bond donors (Lipinski definition) is 4. The number of nitrogens with zero attached hydrogens (tertiary/aromatic N) is 7. The molecule has 2 aliphatic rings. The van der Waals surface area contributed by atoms with Crippen LogP contribution in [0, 0.1) is 0 Å². The second-order valence-electron chi connectivity index (χ2n) is 16.2. The van der Waals surface area contributed by atoms with E-state index in [1.807, 2.05) is 97.3 Å². The maximum Gasteiger partial charge on any atom is 0.224 e. The van der Waals surface area contributed by atoms with Crippen LogP contribution in [0.5, 0.6) is 0 Å². The van der Waals surface area contributed by atoms with Crippen LogP contribution in [0.2, 0.25) is 0 Å². The Morgan fingerprint density at radius 2 is 1.03 bits per heavy atom. The van der Waals surface area contributed by atoms with E-state index >= 15 is 0 Å². The van der Waals surface area contributed by atoms with Crippen LogP contribution in [0.3, 0.4) is 0 Å². The third kappa shape index (κ3) is 9.59. The summed E-state index contributed by atoms with van der Waals surface area (Å²) in [5.74, 6) is 0.0193. The summed E-state index contributed by atoms with van der Waals surface area (Å²) < 4.78 is 3.49. The van der Waals surface area contributed by atoms with E-state index in [-0.39, 0.29) is 11.8 Å². The van der Waals surface area contributed by atoms with Gasteiger partial charge in [0.25, 0.3) is 0 Å². The molecule has 0 aliphatic heterocycles. The molecule has 0 unspecified atom stereocenters. The Labute approximate surface area is 349 Å². The van der Waals surface area contributed by atoms with Gasteiger partial charge in [-0.3, -0.25) is 9.59 Å². The molecule has 13 nitrogen and oxygen atoms in total. The third-order valence-electron chi connectivity index (χ3n) is 11.7. The summed E-state index contributed by atoms with van der Waals surface area (Å²) in [5.41, 5.74) is 7.90. The number of fused-ring (bicyclic) bond motifs is 2. The standard InChI is InChI=1S/C47H51N11O2/c59-46(17-7-23-48-36-11-1-2-12-36)50-38-15-5-9-32(26-38)44-30-57(55-53-44)40-21-19-34-25-35-20-22-41(29-43(35)52-42(34)28-40)58-31-45(54-56-58)33-10-6-16-39(27-33)51-47(60)18-8-24-49-37-13-3-4-14-37/h5-6,9-10,15-16,19-22,25-31,36-37,48-49H,1-4,7-8,11-14,17-18,23-24H2,(H,50,59)(H,51,60). The minimum atomic E-state index is 0.00966. The van der Waals surface area contributed by atoms with E-state index in [1.165, 1.54) is 51.4 Å². The van der Waals surface area contributed by atoms with Gasteiger partial charge in [-0.2, -0.15) is 0 Å². The second-order valence-corrected chi connectivity index (χ2v) is 16.2. The number of benzene rings is 4. The number of rotatable bonds is 16. The fourth-order valence-corrected chi connectivity index (χ4v) is 8.46. The van der Waals surface area contributed by atoms with Crippen LogP contribution in [0.1, 0.15) is 77.0 Å². The molecule has 0 saturated heterocycles. The Kier molecular flexibility index (Phi) is 12.0. The van der Waals surface area contributed by atoms with Crippen molar-refractivity contribution in [3.8, 4) is 33.9 Å². The van der Waals surface area contributed by atoms with Gasteiger partial charge in [0.15, 0.2) is 0 Å². The highest BCUT2D eigenvalue weighted by Crippen LogP contribution is 2.27. The quantitative estimate of drug-likeness (QED) is 0.0557. The van der Waals surface area contributed by atoms with Crippen molar-refractivity contribution < 1.29 is 9.59 Å². The molecule has 2 saturated carbocycles. The van der Waals surface area contributed by atoms with Gasteiger partial charge in [-0.05, 0) is 106 Å². The lowest BCUT2D eigenvalue weighted by molar-refractivity contribution is -0.117. The highest BCUT2D eigenvalue weighted by atomic mass is 16.2. The van der Waals surface area contributed by atoms with Crippen LogP contribution >= 0.6 is 0 Å². The van der Waals surface area contributed by atoms with Crippen molar-refractivity contribution in [2.24, 2.45) is 0 Å². The lowest BCUT2D eigenvalue weighted by Gasteiger charge is -2.11. The molecule has 2 aliphatic carbocycles. The number of amides is 2. The van der Waals surface area contributed by atoms with Gasteiger partial charge >= 0.3 is 0 Å². The van der Waals surface area contributed by atoms with Crippen LogP contribution in [0.25, 0.3) is 55.7 Å². The predicted molar refractivity (Wildman–Crippen MR) is 236 cm³/mol. The zero-order chi connectivity index (χ0) is 40.7. The van der Waals surface area contributed by atoms with E-state index in [9.17, 15) is 9.59 Å². The van der Waals surface area contributed by atoms with Crippen molar-refractivity contribution in [3.05, 3.63) is 103 Å². The zero-order valence-electron chi connectivity index (χ0n) is 33.8.